The number of fused-ring (bicyclic) bond motifs is 1. The van der Waals surface area contributed by atoms with Gasteiger partial charge >= 0.3 is 5.97 Å². The van der Waals surface area contributed by atoms with Crippen LogP contribution in [0.4, 0.5) is 0 Å². The highest BCUT2D eigenvalue weighted by Gasteiger charge is 2.13. The Morgan fingerprint density at radius 1 is 1.36 bits per heavy atom. The van der Waals surface area contributed by atoms with Crippen molar-refractivity contribution in [2.24, 2.45) is 7.05 Å². The van der Waals surface area contributed by atoms with Gasteiger partial charge in [-0.25, -0.2) is 4.79 Å². The van der Waals surface area contributed by atoms with Crippen LogP contribution in [0, 0.1) is 0 Å². The first-order valence-corrected chi connectivity index (χ1v) is 4.11. The SMILES string of the molecule is Cn1ccc2c(O)c(C(=O)O)ccc21. The van der Waals surface area contributed by atoms with Crippen molar-refractivity contribution in [2.45, 2.75) is 0 Å². The predicted octanol–water partition coefficient (Wildman–Crippen LogP) is 1.58. The molecule has 2 rings (SSSR count). The Labute approximate surface area is 80.0 Å². The standard InChI is InChI=1S/C10H9NO3/c1-11-5-4-6-8(11)3-2-7(9(6)12)10(13)14/h2-5,12H,1H3,(H,13,14). The third-order valence-electron chi connectivity index (χ3n) is 2.27. The van der Waals surface area contributed by atoms with Gasteiger partial charge in [0.2, 0.25) is 0 Å². The van der Waals surface area contributed by atoms with Crippen LogP contribution in [0.2, 0.25) is 0 Å². The number of hydrogen-bond donors (Lipinski definition) is 2. The molecule has 0 aliphatic rings. The normalized spacial score (nSPS) is 10.6. The summed E-state index contributed by atoms with van der Waals surface area (Å²) in [5.41, 5.74) is 0.746. The first kappa shape index (κ1) is 8.62. The second-order valence-electron chi connectivity index (χ2n) is 3.13. The van der Waals surface area contributed by atoms with Gasteiger partial charge in [-0.15, -0.1) is 0 Å². The number of aryl methyl sites for hydroxylation is 1. The van der Waals surface area contributed by atoms with Crippen LogP contribution in [0.15, 0.2) is 24.4 Å². The molecule has 4 nitrogen and oxygen atoms in total. The molecule has 0 amide bonds. The quantitative estimate of drug-likeness (QED) is 0.719. The minimum Gasteiger partial charge on any atom is -0.506 e. The van der Waals surface area contributed by atoms with Crippen LogP contribution in [0.5, 0.6) is 5.75 Å². The molecule has 0 saturated heterocycles. The summed E-state index contributed by atoms with van der Waals surface area (Å²) in [5, 5.41) is 19.0. The highest BCUT2D eigenvalue weighted by molar-refractivity contribution is 5.99. The molecular formula is C10H9NO3. The number of nitrogens with zero attached hydrogens (tertiary/aromatic N) is 1. The Morgan fingerprint density at radius 2 is 2.07 bits per heavy atom. The zero-order valence-corrected chi connectivity index (χ0v) is 7.56. The minimum absolute atomic E-state index is 0.0660. The number of hydrogen-bond acceptors (Lipinski definition) is 2. The predicted molar refractivity (Wildman–Crippen MR) is 51.5 cm³/mol. The summed E-state index contributed by atoms with van der Waals surface area (Å²) in [6, 6.07) is 4.77. The Hall–Kier alpha value is -1.97. The molecule has 0 fully saturated rings. The van der Waals surface area contributed by atoms with Crippen LogP contribution in [0.1, 0.15) is 10.4 Å². The lowest BCUT2D eigenvalue weighted by Gasteiger charge is -2.01. The van der Waals surface area contributed by atoms with E-state index in [-0.39, 0.29) is 11.3 Å². The summed E-state index contributed by atoms with van der Waals surface area (Å²) >= 11 is 0. The Kier molecular flexibility index (Phi) is 1.70. The van der Waals surface area contributed by atoms with Crippen molar-refractivity contribution in [1.29, 1.82) is 0 Å². The van der Waals surface area contributed by atoms with Crippen molar-refractivity contribution in [3.8, 4) is 5.75 Å². The number of carboxylic acid groups (broad SMARTS) is 1. The summed E-state index contributed by atoms with van der Waals surface area (Å²) in [5.74, 6) is -1.29. The first-order valence-electron chi connectivity index (χ1n) is 4.11. The van der Waals surface area contributed by atoms with E-state index in [1.165, 1.54) is 6.07 Å². The average molecular weight is 191 g/mol. The van der Waals surface area contributed by atoms with Crippen molar-refractivity contribution >= 4 is 16.9 Å². The fourth-order valence-electron chi connectivity index (χ4n) is 1.51. The Bertz CT molecular complexity index is 513. The van der Waals surface area contributed by atoms with Crippen LogP contribution in [-0.4, -0.2) is 20.7 Å². The number of carbonyl (C=O) groups is 1. The van der Waals surface area contributed by atoms with Gasteiger partial charge in [-0.1, -0.05) is 0 Å². The molecule has 4 heteroatoms. The molecule has 2 N–H and O–H groups in total. The maximum atomic E-state index is 10.7. The first-order chi connectivity index (χ1) is 6.61. The van der Waals surface area contributed by atoms with Gasteiger partial charge in [-0.05, 0) is 18.2 Å². The lowest BCUT2D eigenvalue weighted by molar-refractivity contribution is 0.0694. The second-order valence-corrected chi connectivity index (χ2v) is 3.13. The highest BCUT2D eigenvalue weighted by atomic mass is 16.4. The fourth-order valence-corrected chi connectivity index (χ4v) is 1.51. The smallest absolute Gasteiger partial charge is 0.339 e. The van der Waals surface area contributed by atoms with E-state index >= 15 is 0 Å². The van der Waals surface area contributed by atoms with E-state index in [4.69, 9.17) is 5.11 Å². The zero-order chi connectivity index (χ0) is 10.3. The molecule has 1 aromatic carbocycles. The number of aromatic nitrogens is 1. The molecular weight excluding hydrogens is 182 g/mol. The molecule has 0 radical (unpaired) electrons. The van der Waals surface area contributed by atoms with Crippen LogP contribution >= 0.6 is 0 Å². The summed E-state index contributed by atoms with van der Waals surface area (Å²) in [6.07, 6.45) is 1.77. The third-order valence-corrected chi connectivity index (χ3v) is 2.27. The monoisotopic (exact) mass is 191 g/mol. The van der Waals surface area contributed by atoms with Gasteiger partial charge in [0.15, 0.2) is 0 Å². The van der Waals surface area contributed by atoms with Crippen molar-refractivity contribution in [3.63, 3.8) is 0 Å². The molecule has 14 heavy (non-hydrogen) atoms. The summed E-state index contributed by atoms with van der Waals surface area (Å²) in [6.45, 7) is 0. The van der Waals surface area contributed by atoms with Gasteiger partial charge < -0.3 is 14.8 Å². The number of phenols is 1. The van der Waals surface area contributed by atoms with Gasteiger partial charge in [0.25, 0.3) is 0 Å². The lowest BCUT2D eigenvalue weighted by atomic mass is 10.1. The Balaban J connectivity index is 2.82. The minimum atomic E-state index is -1.12. The fraction of sp³-hybridized carbons (Fsp3) is 0.100. The van der Waals surface area contributed by atoms with Crippen LogP contribution in [0.25, 0.3) is 10.9 Å². The van der Waals surface area contributed by atoms with E-state index in [0.29, 0.717) is 5.39 Å². The average Bonchev–Trinajstić information content (AvgIpc) is 2.49. The van der Waals surface area contributed by atoms with E-state index in [1.54, 1.807) is 18.3 Å². The summed E-state index contributed by atoms with van der Waals surface area (Å²) in [4.78, 5) is 10.7. The largest absolute Gasteiger partial charge is 0.506 e. The molecule has 0 saturated carbocycles. The second kappa shape index (κ2) is 2.77. The van der Waals surface area contributed by atoms with Crippen molar-refractivity contribution in [3.05, 3.63) is 30.0 Å². The van der Waals surface area contributed by atoms with Crippen LogP contribution < -0.4 is 0 Å². The van der Waals surface area contributed by atoms with E-state index in [0.717, 1.165) is 5.52 Å². The summed E-state index contributed by atoms with van der Waals surface area (Å²) < 4.78 is 1.82. The topological polar surface area (TPSA) is 62.5 Å². The van der Waals surface area contributed by atoms with Gasteiger partial charge in [0, 0.05) is 18.6 Å². The zero-order valence-electron chi connectivity index (χ0n) is 7.56. The molecule has 0 unspecified atom stereocenters. The van der Waals surface area contributed by atoms with Gasteiger partial charge in [-0.2, -0.15) is 0 Å². The molecule has 2 aromatic rings. The van der Waals surface area contributed by atoms with Crippen LogP contribution in [0.3, 0.4) is 0 Å². The number of carboxylic acids is 1. The van der Waals surface area contributed by atoms with Gasteiger partial charge in [-0.3, -0.25) is 0 Å². The van der Waals surface area contributed by atoms with Crippen molar-refractivity contribution < 1.29 is 15.0 Å². The number of aromatic hydroxyl groups is 1. The molecule has 0 atom stereocenters. The molecule has 72 valence electrons. The van der Waals surface area contributed by atoms with E-state index in [2.05, 4.69) is 0 Å². The maximum absolute atomic E-state index is 10.7. The number of rotatable bonds is 1. The third kappa shape index (κ3) is 1.04. The van der Waals surface area contributed by atoms with E-state index < -0.39 is 5.97 Å². The van der Waals surface area contributed by atoms with E-state index in [1.807, 2.05) is 11.6 Å². The highest BCUT2D eigenvalue weighted by Crippen LogP contribution is 2.28. The number of aromatic carboxylic acids is 1. The Morgan fingerprint density at radius 3 is 2.71 bits per heavy atom. The molecule has 0 aliphatic heterocycles. The molecule has 0 aliphatic carbocycles. The van der Waals surface area contributed by atoms with Gasteiger partial charge in [0.05, 0.1) is 5.52 Å². The molecule has 1 heterocycles. The number of benzene rings is 1. The maximum Gasteiger partial charge on any atom is 0.339 e. The summed E-state index contributed by atoms with van der Waals surface area (Å²) in [7, 11) is 1.84. The van der Waals surface area contributed by atoms with Crippen molar-refractivity contribution in [1.82, 2.24) is 4.57 Å². The van der Waals surface area contributed by atoms with Gasteiger partial charge in [0.1, 0.15) is 11.3 Å². The van der Waals surface area contributed by atoms with Crippen LogP contribution in [-0.2, 0) is 7.05 Å². The lowest BCUT2D eigenvalue weighted by Crippen LogP contribution is -1.96. The van der Waals surface area contributed by atoms with Crippen molar-refractivity contribution in [2.75, 3.05) is 0 Å². The molecule has 1 aromatic heterocycles. The molecule has 0 bridgehead atoms. The van der Waals surface area contributed by atoms with E-state index in [9.17, 15) is 9.90 Å². The molecule has 0 spiro atoms.